The van der Waals surface area contributed by atoms with E-state index in [9.17, 15) is 8.42 Å². The van der Waals surface area contributed by atoms with E-state index in [2.05, 4.69) is 9.97 Å². The zero-order valence-electron chi connectivity index (χ0n) is 12.2. The Morgan fingerprint density at radius 3 is 2.73 bits per heavy atom. The van der Waals surface area contributed by atoms with Crippen molar-refractivity contribution < 1.29 is 13.2 Å². The lowest BCUT2D eigenvalue weighted by atomic mass is 10.2. The molecule has 3 rings (SSSR count). The fourth-order valence-electron chi connectivity index (χ4n) is 2.61. The Morgan fingerprint density at radius 2 is 2.00 bits per heavy atom. The molecule has 0 N–H and O–H groups in total. The highest BCUT2D eigenvalue weighted by atomic mass is 32.2. The van der Waals surface area contributed by atoms with Crippen LogP contribution in [0.2, 0.25) is 0 Å². The van der Waals surface area contributed by atoms with Gasteiger partial charge in [0.2, 0.25) is 15.9 Å². The van der Waals surface area contributed by atoms with Crippen LogP contribution in [0.25, 0.3) is 0 Å². The van der Waals surface area contributed by atoms with E-state index in [0.717, 1.165) is 12.8 Å². The molecule has 1 fully saturated rings. The van der Waals surface area contributed by atoms with E-state index in [1.807, 2.05) is 30.3 Å². The van der Waals surface area contributed by atoms with Gasteiger partial charge in [-0.25, -0.2) is 13.4 Å². The van der Waals surface area contributed by atoms with E-state index < -0.39 is 10.0 Å². The molecule has 1 saturated heterocycles. The molecule has 6 nitrogen and oxygen atoms in total. The number of benzene rings is 1. The number of ether oxygens (including phenoxy) is 1. The molecule has 116 valence electrons. The number of hydrogen-bond acceptors (Lipinski definition) is 5. The monoisotopic (exact) mass is 319 g/mol. The molecule has 7 heteroatoms. The Kier molecular flexibility index (Phi) is 4.08. The predicted molar refractivity (Wildman–Crippen MR) is 82.1 cm³/mol. The Balaban J connectivity index is 1.85. The summed E-state index contributed by atoms with van der Waals surface area (Å²) in [6.07, 6.45) is 5.92. The molecule has 1 aliphatic rings. The van der Waals surface area contributed by atoms with Gasteiger partial charge in [-0.1, -0.05) is 18.2 Å². The van der Waals surface area contributed by atoms with Crippen molar-refractivity contribution in [1.29, 1.82) is 0 Å². The van der Waals surface area contributed by atoms with Crippen molar-refractivity contribution in [3.05, 3.63) is 48.4 Å². The van der Waals surface area contributed by atoms with Crippen molar-refractivity contribution in [3.8, 4) is 11.6 Å². The van der Waals surface area contributed by atoms with Crippen LogP contribution >= 0.6 is 0 Å². The fourth-order valence-corrected chi connectivity index (χ4v) is 3.75. The summed E-state index contributed by atoms with van der Waals surface area (Å²) in [5, 5.41) is 0. The van der Waals surface area contributed by atoms with Gasteiger partial charge in [-0.3, -0.25) is 4.98 Å². The minimum absolute atomic E-state index is 0.262. The first kappa shape index (κ1) is 14.9. The molecule has 0 spiro atoms. The zero-order valence-corrected chi connectivity index (χ0v) is 13.0. The summed E-state index contributed by atoms with van der Waals surface area (Å²) in [4.78, 5) is 8.56. The molecule has 0 amide bonds. The minimum Gasteiger partial charge on any atom is -0.437 e. The summed E-state index contributed by atoms with van der Waals surface area (Å²) in [6.45, 7) is 0.523. The Bertz CT molecular complexity index is 750. The molecule has 0 saturated carbocycles. The number of aromatic nitrogens is 2. The number of nitrogens with zero attached hydrogens (tertiary/aromatic N) is 3. The van der Waals surface area contributed by atoms with Crippen LogP contribution in [0.15, 0.2) is 42.7 Å². The van der Waals surface area contributed by atoms with Gasteiger partial charge in [0.15, 0.2) is 0 Å². The van der Waals surface area contributed by atoms with Gasteiger partial charge < -0.3 is 4.74 Å². The van der Waals surface area contributed by atoms with Crippen molar-refractivity contribution in [3.63, 3.8) is 0 Å². The first-order valence-electron chi connectivity index (χ1n) is 7.06. The van der Waals surface area contributed by atoms with Crippen LogP contribution in [-0.2, 0) is 10.0 Å². The van der Waals surface area contributed by atoms with E-state index in [1.54, 1.807) is 6.20 Å². The summed E-state index contributed by atoms with van der Waals surface area (Å²) in [5.41, 5.74) is 0.622. The van der Waals surface area contributed by atoms with Crippen LogP contribution < -0.4 is 4.74 Å². The average molecular weight is 319 g/mol. The molecule has 0 aliphatic carbocycles. The smallest absolute Gasteiger partial charge is 0.238 e. The van der Waals surface area contributed by atoms with Crippen molar-refractivity contribution in [1.82, 2.24) is 14.3 Å². The van der Waals surface area contributed by atoms with Crippen LogP contribution in [0.4, 0.5) is 0 Å². The quantitative estimate of drug-likeness (QED) is 0.865. The van der Waals surface area contributed by atoms with Crippen LogP contribution in [-0.4, -0.2) is 35.5 Å². The third kappa shape index (κ3) is 3.26. The normalized spacial score (nSPS) is 19.2. The van der Waals surface area contributed by atoms with E-state index in [1.165, 1.54) is 16.8 Å². The van der Waals surface area contributed by atoms with Crippen molar-refractivity contribution in [2.45, 2.75) is 18.9 Å². The maximum atomic E-state index is 11.8. The average Bonchev–Trinajstić information content (AvgIpc) is 2.98. The Labute approximate surface area is 129 Å². The fraction of sp³-hybridized carbons (Fsp3) is 0.333. The van der Waals surface area contributed by atoms with E-state index in [0.29, 0.717) is 23.9 Å². The molecule has 1 unspecified atom stereocenters. The summed E-state index contributed by atoms with van der Waals surface area (Å²) in [6, 6.07) is 9.03. The second kappa shape index (κ2) is 6.02. The minimum atomic E-state index is -3.25. The molecular weight excluding hydrogens is 302 g/mol. The highest BCUT2D eigenvalue weighted by molar-refractivity contribution is 7.88. The third-order valence-corrected chi connectivity index (χ3v) is 4.86. The number of rotatable bonds is 4. The second-order valence-electron chi connectivity index (χ2n) is 5.23. The lowest BCUT2D eigenvalue weighted by molar-refractivity contribution is 0.386. The predicted octanol–water partition coefficient (Wildman–Crippen LogP) is 2.37. The first-order chi connectivity index (χ1) is 10.5. The lowest BCUT2D eigenvalue weighted by Crippen LogP contribution is -2.30. The molecule has 1 aliphatic heterocycles. The highest BCUT2D eigenvalue weighted by Gasteiger charge is 2.33. The summed E-state index contributed by atoms with van der Waals surface area (Å²) in [7, 11) is -3.25. The van der Waals surface area contributed by atoms with Crippen molar-refractivity contribution in [2.75, 3.05) is 12.8 Å². The van der Waals surface area contributed by atoms with Gasteiger partial charge in [0.05, 0.1) is 30.4 Å². The number of para-hydroxylation sites is 1. The molecule has 2 aromatic rings. The third-order valence-electron chi connectivity index (χ3n) is 3.57. The number of sulfonamides is 1. The summed E-state index contributed by atoms with van der Waals surface area (Å²) < 4.78 is 30.8. The van der Waals surface area contributed by atoms with Crippen molar-refractivity contribution in [2.24, 2.45) is 0 Å². The molecule has 0 radical (unpaired) electrons. The molecule has 1 atom stereocenters. The van der Waals surface area contributed by atoms with Gasteiger partial charge >= 0.3 is 0 Å². The Morgan fingerprint density at radius 1 is 1.23 bits per heavy atom. The summed E-state index contributed by atoms with van der Waals surface area (Å²) >= 11 is 0. The largest absolute Gasteiger partial charge is 0.437 e. The van der Waals surface area contributed by atoms with Gasteiger partial charge in [-0.2, -0.15) is 4.31 Å². The molecule has 2 heterocycles. The summed E-state index contributed by atoms with van der Waals surface area (Å²) in [5.74, 6) is 1.03. The van der Waals surface area contributed by atoms with Crippen LogP contribution in [0, 0.1) is 0 Å². The molecule has 1 aromatic carbocycles. The van der Waals surface area contributed by atoms with Gasteiger partial charge in [0, 0.05) is 6.54 Å². The van der Waals surface area contributed by atoms with Crippen LogP contribution in [0.3, 0.4) is 0 Å². The lowest BCUT2D eigenvalue weighted by Gasteiger charge is -2.21. The second-order valence-corrected chi connectivity index (χ2v) is 7.16. The van der Waals surface area contributed by atoms with Gasteiger partial charge in [0.1, 0.15) is 5.75 Å². The maximum Gasteiger partial charge on any atom is 0.238 e. The van der Waals surface area contributed by atoms with Gasteiger partial charge in [0.25, 0.3) is 0 Å². The van der Waals surface area contributed by atoms with Crippen LogP contribution in [0.5, 0.6) is 11.6 Å². The molecule has 22 heavy (non-hydrogen) atoms. The van der Waals surface area contributed by atoms with Crippen molar-refractivity contribution >= 4 is 10.0 Å². The molecular formula is C15H17N3O3S. The number of hydrogen-bond donors (Lipinski definition) is 0. The highest BCUT2D eigenvalue weighted by Crippen LogP contribution is 2.33. The maximum absolute atomic E-state index is 11.8. The van der Waals surface area contributed by atoms with E-state index in [4.69, 9.17) is 4.74 Å². The topological polar surface area (TPSA) is 72.4 Å². The zero-order chi connectivity index (χ0) is 15.6. The van der Waals surface area contributed by atoms with Crippen LogP contribution in [0.1, 0.15) is 24.6 Å². The van der Waals surface area contributed by atoms with E-state index in [-0.39, 0.29) is 6.04 Å². The SMILES string of the molecule is CS(=O)(=O)N1CCCC1c1cncc(Oc2ccccc2)n1. The van der Waals surface area contributed by atoms with Gasteiger partial charge in [-0.05, 0) is 25.0 Å². The molecule has 1 aromatic heterocycles. The Hall–Kier alpha value is -1.99. The van der Waals surface area contributed by atoms with Gasteiger partial charge in [-0.15, -0.1) is 0 Å². The van der Waals surface area contributed by atoms with E-state index >= 15 is 0 Å². The standard InChI is InChI=1S/C15H17N3O3S/c1-22(19,20)18-9-5-8-14(18)13-10-16-11-15(17-13)21-12-6-3-2-4-7-12/h2-4,6-7,10-11,14H,5,8-9H2,1H3. The first-order valence-corrected chi connectivity index (χ1v) is 8.90. The molecule has 0 bridgehead atoms.